The Morgan fingerprint density at radius 3 is 2.61 bits per heavy atom. The molecule has 0 atom stereocenters. The van der Waals surface area contributed by atoms with Crippen LogP contribution in [0.4, 0.5) is 0 Å². The van der Waals surface area contributed by atoms with E-state index in [1.807, 2.05) is 26.8 Å². The number of hydrogen-bond acceptors (Lipinski definition) is 5. The first-order valence-corrected chi connectivity index (χ1v) is 10.2. The van der Waals surface area contributed by atoms with E-state index < -0.39 is 5.69 Å². The lowest BCUT2D eigenvalue weighted by atomic mass is 9.98. The van der Waals surface area contributed by atoms with Crippen molar-refractivity contribution >= 4 is 16.8 Å². The van der Waals surface area contributed by atoms with Crippen molar-refractivity contribution in [2.75, 3.05) is 0 Å². The molecule has 0 aliphatic heterocycles. The summed E-state index contributed by atoms with van der Waals surface area (Å²) < 4.78 is 2.98. The van der Waals surface area contributed by atoms with Crippen LogP contribution in [-0.4, -0.2) is 35.5 Å². The summed E-state index contributed by atoms with van der Waals surface area (Å²) in [5, 5.41) is 27.9. The molecule has 8 heteroatoms. The van der Waals surface area contributed by atoms with E-state index in [9.17, 15) is 19.8 Å². The molecule has 2 aromatic carbocycles. The van der Waals surface area contributed by atoms with Crippen LogP contribution in [0.25, 0.3) is 28.0 Å². The van der Waals surface area contributed by atoms with Gasteiger partial charge in [-0.3, -0.25) is 9.36 Å². The third kappa shape index (κ3) is 3.50. The Bertz CT molecular complexity index is 1340. The van der Waals surface area contributed by atoms with E-state index in [-0.39, 0.29) is 29.1 Å². The third-order valence-electron chi connectivity index (χ3n) is 5.34. The average molecular weight is 420 g/mol. The van der Waals surface area contributed by atoms with E-state index in [0.29, 0.717) is 23.2 Å². The molecule has 0 aliphatic carbocycles. The number of fused-ring (bicyclic) bond motifs is 1. The summed E-state index contributed by atoms with van der Waals surface area (Å²) in [6, 6.07) is 10.0. The molecule has 0 saturated heterocycles. The Morgan fingerprint density at radius 2 is 1.90 bits per heavy atom. The zero-order chi connectivity index (χ0) is 22.3. The van der Waals surface area contributed by atoms with Crippen LogP contribution >= 0.6 is 0 Å². The normalized spacial score (nSPS) is 11.5. The second kappa shape index (κ2) is 7.79. The van der Waals surface area contributed by atoms with Gasteiger partial charge >= 0.3 is 5.69 Å². The zero-order valence-corrected chi connectivity index (χ0v) is 17.6. The van der Waals surface area contributed by atoms with Crippen molar-refractivity contribution in [3.05, 3.63) is 58.6 Å². The fourth-order valence-electron chi connectivity index (χ4n) is 3.77. The summed E-state index contributed by atoms with van der Waals surface area (Å²) in [5.41, 5.74) is 1.80. The molecule has 0 bridgehead atoms. The number of phenols is 2. The van der Waals surface area contributed by atoms with E-state index >= 15 is 0 Å². The Hall–Kier alpha value is -3.81. The minimum absolute atomic E-state index is 0.00948. The number of aromatic hydroxyl groups is 2. The Balaban J connectivity index is 1.86. The first kappa shape index (κ1) is 20.5. The maximum absolute atomic E-state index is 12.6. The quantitative estimate of drug-likeness (QED) is 0.449. The number of H-pyrrole nitrogens is 1. The van der Waals surface area contributed by atoms with Crippen molar-refractivity contribution < 1.29 is 15.0 Å². The van der Waals surface area contributed by atoms with Gasteiger partial charge in [0, 0.05) is 24.1 Å². The highest BCUT2D eigenvalue weighted by molar-refractivity contribution is 5.93. The fraction of sp³-hybridized carbons (Fsp3) is 0.261. The summed E-state index contributed by atoms with van der Waals surface area (Å²) in [7, 11) is 0. The van der Waals surface area contributed by atoms with Crippen LogP contribution in [0.5, 0.6) is 11.5 Å². The van der Waals surface area contributed by atoms with Crippen molar-refractivity contribution in [2.45, 2.75) is 39.5 Å². The smallest absolute Gasteiger partial charge is 0.348 e. The van der Waals surface area contributed by atoms with Gasteiger partial charge in [-0.25, -0.2) is 14.5 Å². The summed E-state index contributed by atoms with van der Waals surface area (Å²) >= 11 is 0. The second-order valence-electron chi connectivity index (χ2n) is 7.84. The second-order valence-corrected chi connectivity index (χ2v) is 7.84. The highest BCUT2D eigenvalue weighted by Gasteiger charge is 2.20. The van der Waals surface area contributed by atoms with E-state index in [1.165, 1.54) is 10.6 Å². The molecule has 0 amide bonds. The van der Waals surface area contributed by atoms with Gasteiger partial charge in [-0.15, -0.1) is 0 Å². The molecular weight excluding hydrogens is 396 g/mol. The number of aromatic nitrogens is 4. The number of rotatable bonds is 5. The maximum atomic E-state index is 12.6. The summed E-state index contributed by atoms with van der Waals surface area (Å²) in [6.45, 7) is 5.80. The van der Waals surface area contributed by atoms with E-state index in [2.05, 4.69) is 10.2 Å². The van der Waals surface area contributed by atoms with Crippen LogP contribution in [0.1, 0.15) is 49.9 Å². The largest absolute Gasteiger partial charge is 0.508 e. The number of carbonyl (C=O) groups is 1. The molecule has 0 fully saturated rings. The van der Waals surface area contributed by atoms with Crippen molar-refractivity contribution in [1.29, 1.82) is 0 Å². The predicted molar refractivity (Wildman–Crippen MR) is 118 cm³/mol. The molecule has 2 aromatic heterocycles. The summed E-state index contributed by atoms with van der Waals surface area (Å²) in [6.07, 6.45) is 2.94. The van der Waals surface area contributed by atoms with Crippen molar-refractivity contribution in [2.24, 2.45) is 0 Å². The van der Waals surface area contributed by atoms with E-state index in [1.54, 1.807) is 35.0 Å². The van der Waals surface area contributed by atoms with E-state index in [4.69, 9.17) is 0 Å². The maximum Gasteiger partial charge on any atom is 0.348 e. The summed E-state index contributed by atoms with van der Waals surface area (Å²) in [4.78, 5) is 24.9. The number of hydrogen-bond donors (Lipinski definition) is 3. The number of benzene rings is 2. The standard InChI is InChI=1S/C23H24N4O4/c1-4-5-21(30)26-9-8-14-10-15(6-7-18(14)26)27-22(24-25-23(27)31)17-11-16(13(2)3)19(28)12-20(17)29/h6-13,28-29H,4-5H2,1-3H3,(H,25,31). The minimum atomic E-state index is -0.464. The molecule has 0 spiro atoms. The van der Waals surface area contributed by atoms with Gasteiger partial charge in [0.15, 0.2) is 5.82 Å². The van der Waals surface area contributed by atoms with Gasteiger partial charge < -0.3 is 10.2 Å². The van der Waals surface area contributed by atoms with Crippen LogP contribution in [0.2, 0.25) is 0 Å². The molecule has 160 valence electrons. The zero-order valence-electron chi connectivity index (χ0n) is 17.6. The van der Waals surface area contributed by atoms with Crippen LogP contribution in [0.15, 0.2) is 47.4 Å². The van der Waals surface area contributed by atoms with Crippen molar-refractivity contribution in [1.82, 2.24) is 19.3 Å². The Labute approximate surface area is 178 Å². The topological polar surface area (TPSA) is 113 Å². The molecular formula is C23H24N4O4. The van der Waals surface area contributed by atoms with E-state index in [0.717, 1.165) is 17.3 Å². The third-order valence-corrected chi connectivity index (χ3v) is 5.34. The lowest BCUT2D eigenvalue weighted by molar-refractivity contribution is 0.0907. The summed E-state index contributed by atoms with van der Waals surface area (Å²) in [5.74, 6) is 0.0573. The lowest BCUT2D eigenvalue weighted by Crippen LogP contribution is -2.16. The van der Waals surface area contributed by atoms with Crippen molar-refractivity contribution in [3.63, 3.8) is 0 Å². The van der Waals surface area contributed by atoms with Crippen LogP contribution < -0.4 is 5.69 Å². The van der Waals surface area contributed by atoms with Gasteiger partial charge in [0.05, 0.1) is 16.8 Å². The van der Waals surface area contributed by atoms with Gasteiger partial charge in [0.25, 0.3) is 0 Å². The average Bonchev–Trinajstić information content (AvgIpc) is 3.31. The number of nitrogens with one attached hydrogen (secondary N) is 1. The highest BCUT2D eigenvalue weighted by Crippen LogP contribution is 2.37. The fourth-order valence-corrected chi connectivity index (χ4v) is 3.77. The predicted octanol–water partition coefficient (Wildman–Crippen LogP) is 4.16. The monoisotopic (exact) mass is 420 g/mol. The molecule has 0 aliphatic rings. The molecule has 31 heavy (non-hydrogen) atoms. The first-order chi connectivity index (χ1) is 14.8. The SMILES string of the molecule is CCCC(=O)n1ccc2cc(-n3c(-c4cc(C(C)C)c(O)cc4O)n[nH]c3=O)ccc21. The van der Waals surface area contributed by atoms with Crippen molar-refractivity contribution in [3.8, 4) is 28.6 Å². The molecule has 4 rings (SSSR count). The molecule has 2 heterocycles. The molecule has 0 saturated carbocycles. The number of aromatic amines is 1. The van der Waals surface area contributed by atoms with Crippen LogP contribution in [0.3, 0.4) is 0 Å². The molecule has 8 nitrogen and oxygen atoms in total. The lowest BCUT2D eigenvalue weighted by Gasteiger charge is -2.13. The highest BCUT2D eigenvalue weighted by atomic mass is 16.3. The number of phenolic OH excluding ortho intramolecular Hbond substituents is 2. The van der Waals surface area contributed by atoms with Gasteiger partial charge in [0.2, 0.25) is 5.91 Å². The molecule has 0 radical (unpaired) electrons. The van der Waals surface area contributed by atoms with Crippen LogP contribution in [-0.2, 0) is 0 Å². The molecule has 3 N–H and O–H groups in total. The van der Waals surface area contributed by atoms with Crippen LogP contribution in [0, 0.1) is 0 Å². The van der Waals surface area contributed by atoms with Gasteiger partial charge in [-0.2, -0.15) is 5.10 Å². The van der Waals surface area contributed by atoms with Gasteiger partial charge in [-0.05, 0) is 48.2 Å². The van der Waals surface area contributed by atoms with Gasteiger partial charge in [-0.1, -0.05) is 20.8 Å². The Kier molecular flexibility index (Phi) is 5.14. The molecule has 0 unspecified atom stereocenters. The number of carbonyl (C=O) groups excluding carboxylic acids is 1. The first-order valence-electron chi connectivity index (χ1n) is 10.2. The Morgan fingerprint density at radius 1 is 1.13 bits per heavy atom. The minimum Gasteiger partial charge on any atom is -0.508 e. The van der Waals surface area contributed by atoms with Gasteiger partial charge in [0.1, 0.15) is 11.5 Å². The molecule has 4 aromatic rings. The number of nitrogens with zero attached hydrogens (tertiary/aromatic N) is 3.